The van der Waals surface area contributed by atoms with Crippen LogP contribution in [0, 0.1) is 6.92 Å². The minimum absolute atomic E-state index is 0.0246. The molecule has 0 heterocycles. The van der Waals surface area contributed by atoms with Crippen LogP contribution in [0.15, 0.2) is 59.1 Å². The number of hydrogen-bond donors (Lipinski definition) is 4. The Bertz CT molecular complexity index is 868. The zero-order valence-electron chi connectivity index (χ0n) is 15.9. The first kappa shape index (κ1) is 22.4. The van der Waals surface area contributed by atoms with E-state index in [4.69, 9.17) is 9.94 Å². The topological polar surface area (TPSA) is 108 Å². The van der Waals surface area contributed by atoms with Gasteiger partial charge in [0.2, 0.25) is 0 Å². The molecule has 0 aliphatic rings. The van der Waals surface area contributed by atoms with Crippen LogP contribution in [0.1, 0.15) is 36.5 Å². The Kier molecular flexibility index (Phi) is 8.69. The van der Waals surface area contributed by atoms with E-state index in [9.17, 15) is 14.7 Å². The molecular formula is C21H23BrN2O5. The lowest BCUT2D eigenvalue weighted by Crippen LogP contribution is -2.18. The zero-order chi connectivity index (χ0) is 21.2. The molecule has 29 heavy (non-hydrogen) atoms. The number of rotatable bonds is 8. The number of halogens is 1. The number of aryl methyl sites for hydroxylation is 1. The number of amides is 2. The molecule has 2 aromatic carbocycles. The predicted molar refractivity (Wildman–Crippen MR) is 113 cm³/mol. The number of allylic oxidation sites excluding steroid dienone is 1. The number of aromatic hydroxyl groups is 1. The fourth-order valence-corrected chi connectivity index (χ4v) is 3.00. The molecule has 0 fully saturated rings. The van der Waals surface area contributed by atoms with Crippen molar-refractivity contribution in [1.82, 2.24) is 5.48 Å². The van der Waals surface area contributed by atoms with Gasteiger partial charge in [-0.15, -0.1) is 0 Å². The Hall–Kier alpha value is -2.84. The van der Waals surface area contributed by atoms with Crippen molar-refractivity contribution < 1.29 is 24.6 Å². The van der Waals surface area contributed by atoms with Crippen LogP contribution >= 0.6 is 15.9 Å². The molecule has 2 rings (SSSR count). The summed E-state index contributed by atoms with van der Waals surface area (Å²) in [6.07, 6.45) is 3.06. The van der Waals surface area contributed by atoms with E-state index in [0.717, 1.165) is 10.0 Å². The van der Waals surface area contributed by atoms with Crippen LogP contribution in [0.2, 0.25) is 0 Å². The third-order valence-electron chi connectivity index (χ3n) is 4.10. The van der Waals surface area contributed by atoms with Crippen molar-refractivity contribution in [3.05, 3.63) is 70.2 Å². The molecular weight excluding hydrogens is 440 g/mol. The van der Waals surface area contributed by atoms with E-state index in [0.29, 0.717) is 30.5 Å². The van der Waals surface area contributed by atoms with Gasteiger partial charge >= 0.3 is 6.09 Å². The molecule has 0 aliphatic heterocycles. The number of phenolic OH excluding ortho intramolecular Hbond substituents is 1. The van der Waals surface area contributed by atoms with Gasteiger partial charge in [-0.3, -0.25) is 15.3 Å². The van der Waals surface area contributed by atoms with Gasteiger partial charge in [0.25, 0.3) is 5.91 Å². The number of nitrogens with one attached hydrogen (secondary N) is 2. The Morgan fingerprint density at radius 1 is 1.21 bits per heavy atom. The SMILES string of the molecule is Cc1ccc(NC(=O)O[C@H](CCC/C=C/C(=O)NO)c2cc(Br)ccc2O)cc1. The first-order valence-electron chi connectivity index (χ1n) is 9.02. The quantitative estimate of drug-likeness (QED) is 0.191. The maximum atomic E-state index is 12.4. The minimum atomic E-state index is -0.682. The first-order valence-corrected chi connectivity index (χ1v) is 9.81. The molecule has 0 unspecified atom stereocenters. The number of carbonyl (C=O) groups excluding carboxylic acids is 2. The van der Waals surface area contributed by atoms with Crippen LogP contribution in [-0.4, -0.2) is 22.3 Å². The van der Waals surface area contributed by atoms with Crippen molar-refractivity contribution in [3.63, 3.8) is 0 Å². The van der Waals surface area contributed by atoms with Crippen LogP contribution in [0.5, 0.6) is 5.75 Å². The highest BCUT2D eigenvalue weighted by molar-refractivity contribution is 9.10. The summed E-state index contributed by atoms with van der Waals surface area (Å²) in [4.78, 5) is 23.4. The molecule has 7 nitrogen and oxygen atoms in total. The summed E-state index contributed by atoms with van der Waals surface area (Å²) in [7, 11) is 0. The number of anilines is 1. The van der Waals surface area contributed by atoms with Crippen LogP contribution in [0.25, 0.3) is 0 Å². The highest BCUT2D eigenvalue weighted by Gasteiger charge is 2.20. The molecule has 0 bridgehead atoms. The molecule has 0 aromatic heterocycles. The number of phenols is 1. The van der Waals surface area contributed by atoms with Gasteiger partial charge in [-0.25, -0.2) is 10.3 Å². The van der Waals surface area contributed by atoms with Crippen LogP contribution in [0.4, 0.5) is 10.5 Å². The van der Waals surface area contributed by atoms with Crippen LogP contribution < -0.4 is 10.8 Å². The maximum Gasteiger partial charge on any atom is 0.412 e. The summed E-state index contributed by atoms with van der Waals surface area (Å²) < 4.78 is 6.33. The van der Waals surface area contributed by atoms with Crippen molar-refractivity contribution in [2.75, 3.05) is 5.32 Å². The van der Waals surface area contributed by atoms with E-state index >= 15 is 0 Å². The highest BCUT2D eigenvalue weighted by atomic mass is 79.9. The van der Waals surface area contributed by atoms with E-state index in [1.165, 1.54) is 17.6 Å². The van der Waals surface area contributed by atoms with Gasteiger partial charge < -0.3 is 9.84 Å². The third-order valence-corrected chi connectivity index (χ3v) is 4.59. The Balaban J connectivity index is 2.06. The lowest BCUT2D eigenvalue weighted by atomic mass is 10.0. The predicted octanol–water partition coefficient (Wildman–Crippen LogP) is 4.98. The summed E-state index contributed by atoms with van der Waals surface area (Å²) in [6.45, 7) is 1.95. The molecule has 0 saturated heterocycles. The second kappa shape index (κ2) is 11.2. The number of benzene rings is 2. The van der Waals surface area contributed by atoms with Crippen molar-refractivity contribution in [2.45, 2.75) is 32.3 Å². The van der Waals surface area contributed by atoms with Crippen LogP contribution in [0.3, 0.4) is 0 Å². The van der Waals surface area contributed by atoms with Crippen molar-refractivity contribution in [1.29, 1.82) is 0 Å². The van der Waals surface area contributed by atoms with Crippen LogP contribution in [-0.2, 0) is 9.53 Å². The van der Waals surface area contributed by atoms with Gasteiger partial charge in [0, 0.05) is 21.8 Å². The molecule has 154 valence electrons. The summed E-state index contributed by atoms with van der Waals surface area (Å²) in [5.74, 6) is -0.587. The van der Waals surface area contributed by atoms with Gasteiger partial charge in [0.15, 0.2) is 0 Å². The second-order valence-corrected chi connectivity index (χ2v) is 7.31. The fourth-order valence-electron chi connectivity index (χ4n) is 2.62. The van der Waals surface area contributed by atoms with Crippen molar-refractivity contribution in [2.24, 2.45) is 0 Å². The first-order chi connectivity index (χ1) is 13.9. The Labute approximate surface area is 177 Å². The molecule has 0 saturated carbocycles. The van der Waals surface area contributed by atoms with Gasteiger partial charge in [0.05, 0.1) is 0 Å². The molecule has 0 radical (unpaired) electrons. The van der Waals surface area contributed by atoms with E-state index in [-0.39, 0.29) is 5.75 Å². The Morgan fingerprint density at radius 2 is 1.93 bits per heavy atom. The fraction of sp³-hybridized carbons (Fsp3) is 0.238. The van der Waals surface area contributed by atoms with E-state index in [1.54, 1.807) is 30.3 Å². The molecule has 0 spiro atoms. The van der Waals surface area contributed by atoms with Crippen molar-refractivity contribution >= 4 is 33.6 Å². The zero-order valence-corrected chi connectivity index (χ0v) is 17.5. The highest BCUT2D eigenvalue weighted by Crippen LogP contribution is 2.33. The lowest BCUT2D eigenvalue weighted by molar-refractivity contribution is -0.124. The van der Waals surface area contributed by atoms with Gasteiger partial charge in [0.1, 0.15) is 11.9 Å². The molecule has 1 atom stereocenters. The summed E-state index contributed by atoms with van der Waals surface area (Å²) >= 11 is 3.36. The maximum absolute atomic E-state index is 12.4. The second-order valence-electron chi connectivity index (χ2n) is 6.40. The lowest BCUT2D eigenvalue weighted by Gasteiger charge is -2.20. The number of ether oxygens (including phenoxy) is 1. The summed E-state index contributed by atoms with van der Waals surface area (Å²) in [5, 5.41) is 21.4. The largest absolute Gasteiger partial charge is 0.508 e. The molecule has 2 aromatic rings. The number of unbranched alkanes of at least 4 members (excludes halogenated alkanes) is 1. The average molecular weight is 463 g/mol. The summed E-state index contributed by atoms with van der Waals surface area (Å²) in [6, 6.07) is 12.2. The average Bonchev–Trinajstić information content (AvgIpc) is 2.70. The summed E-state index contributed by atoms with van der Waals surface area (Å²) in [5.41, 5.74) is 3.68. The molecule has 0 aliphatic carbocycles. The molecule has 2 amide bonds. The number of hydroxylamine groups is 1. The normalized spacial score (nSPS) is 11.8. The van der Waals surface area contributed by atoms with E-state index in [1.807, 2.05) is 19.1 Å². The van der Waals surface area contributed by atoms with Crippen molar-refractivity contribution in [3.8, 4) is 5.75 Å². The number of carbonyl (C=O) groups is 2. The third kappa shape index (κ3) is 7.59. The van der Waals surface area contributed by atoms with Gasteiger partial charge in [-0.1, -0.05) is 39.7 Å². The number of hydrogen-bond acceptors (Lipinski definition) is 5. The smallest absolute Gasteiger partial charge is 0.412 e. The Morgan fingerprint density at radius 3 is 2.62 bits per heavy atom. The van der Waals surface area contributed by atoms with E-state index < -0.39 is 18.1 Å². The minimum Gasteiger partial charge on any atom is -0.508 e. The van der Waals surface area contributed by atoms with Gasteiger partial charge in [-0.05, 0) is 56.5 Å². The van der Waals surface area contributed by atoms with E-state index in [2.05, 4.69) is 21.2 Å². The standard InChI is InChI=1S/C21H23BrN2O5/c1-14-7-10-16(11-8-14)23-21(27)29-19(5-3-2-4-6-20(26)24-28)17-13-15(22)9-12-18(17)25/h4,6-13,19,25,28H,2-3,5H2,1H3,(H,23,27)(H,24,26)/b6-4+/t19-/m1/s1. The monoisotopic (exact) mass is 462 g/mol. The van der Waals surface area contributed by atoms with Gasteiger partial charge in [-0.2, -0.15) is 0 Å². The molecule has 4 N–H and O–H groups in total. The molecule has 8 heteroatoms.